The van der Waals surface area contributed by atoms with E-state index >= 15 is 0 Å². The highest BCUT2D eigenvalue weighted by Gasteiger charge is 2.02. The largest absolute Gasteiger partial charge is 0.499 e. The number of ether oxygens (including phenoxy) is 8. The lowest BCUT2D eigenvalue weighted by molar-refractivity contribution is -0.145. The molecule has 0 aromatic carbocycles. The van der Waals surface area contributed by atoms with Crippen molar-refractivity contribution in [2.24, 2.45) is 0 Å². The molecule has 0 aromatic heterocycles. The fourth-order valence-electron chi connectivity index (χ4n) is 2.91. The topological polar surface area (TPSA) is 90.9 Å². The third kappa shape index (κ3) is 30.7. The third-order valence-electron chi connectivity index (χ3n) is 4.80. The van der Waals surface area contributed by atoms with E-state index in [0.29, 0.717) is 98.9 Å². The van der Waals surface area contributed by atoms with Gasteiger partial charge in [0.05, 0.1) is 85.5 Å². The smallest absolute Gasteiger partial charge is 0.305 e. The molecule has 9 nitrogen and oxygen atoms in total. The van der Waals surface area contributed by atoms with Crippen LogP contribution in [-0.4, -0.2) is 98.5 Å². The average molecular weight is 507 g/mol. The van der Waals surface area contributed by atoms with Crippen LogP contribution in [0.1, 0.15) is 58.3 Å². The molecule has 208 valence electrons. The van der Waals surface area contributed by atoms with Gasteiger partial charge in [-0.25, -0.2) is 0 Å². The van der Waals surface area contributed by atoms with Gasteiger partial charge in [0, 0.05) is 6.42 Å². The molecule has 0 spiro atoms. The maximum Gasteiger partial charge on any atom is 0.305 e. The number of hydrogen-bond donors (Lipinski definition) is 0. The summed E-state index contributed by atoms with van der Waals surface area (Å²) in [4.78, 5) is 11.6. The van der Waals surface area contributed by atoms with E-state index in [1.165, 1.54) is 38.4 Å². The highest BCUT2D eigenvalue weighted by molar-refractivity contribution is 5.69. The van der Waals surface area contributed by atoms with Crippen LogP contribution in [0.3, 0.4) is 0 Å². The van der Waals surface area contributed by atoms with Gasteiger partial charge in [0.25, 0.3) is 0 Å². The van der Waals surface area contributed by atoms with Crippen molar-refractivity contribution in [2.45, 2.75) is 58.3 Å². The summed E-state index contributed by atoms with van der Waals surface area (Å²) in [6.07, 6.45) is 10.2. The van der Waals surface area contributed by atoms with E-state index in [9.17, 15) is 4.79 Å². The maximum atomic E-state index is 11.6. The molecule has 9 heteroatoms. The first-order chi connectivity index (χ1) is 17.3. The minimum atomic E-state index is -0.136. The van der Waals surface area contributed by atoms with Crippen LogP contribution in [0.2, 0.25) is 0 Å². The zero-order valence-electron chi connectivity index (χ0n) is 22.0. The van der Waals surface area contributed by atoms with Gasteiger partial charge in [-0.3, -0.25) is 4.79 Å². The fraction of sp³-hybridized carbons (Fsp3) is 0.885. The zero-order valence-corrected chi connectivity index (χ0v) is 22.0. The molecule has 0 fully saturated rings. The molecule has 0 amide bonds. The first-order valence-corrected chi connectivity index (χ1v) is 13.2. The summed E-state index contributed by atoms with van der Waals surface area (Å²) >= 11 is 0. The fourth-order valence-corrected chi connectivity index (χ4v) is 2.91. The van der Waals surface area contributed by atoms with Gasteiger partial charge >= 0.3 is 5.97 Å². The lowest BCUT2D eigenvalue weighted by Gasteiger charge is -2.08. The standard InChI is InChI=1S/C26H50O9/c1-3-5-6-7-8-9-10-11-26(27)35-25-24-34-23-22-33-21-20-32-19-18-31-17-16-30-15-14-29-13-12-28-4-2/h4H,2-3,5-25H2,1H3. The van der Waals surface area contributed by atoms with Crippen LogP contribution < -0.4 is 0 Å². The van der Waals surface area contributed by atoms with E-state index in [1.807, 2.05) is 0 Å². The predicted molar refractivity (Wildman–Crippen MR) is 135 cm³/mol. The van der Waals surface area contributed by atoms with Crippen molar-refractivity contribution >= 4 is 5.97 Å². The van der Waals surface area contributed by atoms with E-state index in [4.69, 9.17) is 37.9 Å². The van der Waals surface area contributed by atoms with Crippen LogP contribution in [0.15, 0.2) is 12.8 Å². The van der Waals surface area contributed by atoms with Crippen LogP contribution in [0.5, 0.6) is 0 Å². The van der Waals surface area contributed by atoms with Gasteiger partial charge in [-0.05, 0) is 6.42 Å². The summed E-state index contributed by atoms with van der Waals surface area (Å²) in [5.41, 5.74) is 0. The van der Waals surface area contributed by atoms with E-state index in [1.54, 1.807) is 0 Å². The van der Waals surface area contributed by atoms with Crippen molar-refractivity contribution in [3.63, 3.8) is 0 Å². The lowest BCUT2D eigenvalue weighted by atomic mass is 10.1. The molecular formula is C26H50O9. The SMILES string of the molecule is C=COCCOCCOCCOCCOCCOCCOCCOC(=O)CCCCCCCCC. The van der Waals surface area contributed by atoms with Gasteiger partial charge in [-0.15, -0.1) is 0 Å². The van der Waals surface area contributed by atoms with Crippen molar-refractivity contribution in [3.8, 4) is 0 Å². The highest BCUT2D eigenvalue weighted by atomic mass is 16.6. The van der Waals surface area contributed by atoms with Crippen LogP contribution in [-0.2, 0) is 42.7 Å². The Morgan fingerprint density at radius 1 is 0.543 bits per heavy atom. The molecule has 0 bridgehead atoms. The molecule has 0 rings (SSSR count). The minimum absolute atomic E-state index is 0.136. The second-order valence-electron chi connectivity index (χ2n) is 7.80. The molecule has 0 saturated heterocycles. The highest BCUT2D eigenvalue weighted by Crippen LogP contribution is 2.08. The quantitative estimate of drug-likeness (QED) is 0.0816. The molecule has 0 saturated carbocycles. The molecule has 0 aliphatic carbocycles. The molecular weight excluding hydrogens is 456 g/mol. The molecule has 0 unspecified atom stereocenters. The zero-order chi connectivity index (χ0) is 25.5. The number of unbranched alkanes of at least 4 members (excludes halogenated alkanes) is 6. The van der Waals surface area contributed by atoms with Crippen molar-refractivity contribution in [3.05, 3.63) is 12.8 Å². The van der Waals surface area contributed by atoms with E-state index in [0.717, 1.165) is 12.8 Å². The first kappa shape index (κ1) is 33.8. The van der Waals surface area contributed by atoms with Gasteiger partial charge in [0.1, 0.15) is 13.2 Å². The molecule has 0 aliphatic heterocycles. The molecule has 0 heterocycles. The Bertz CT molecular complexity index is 435. The van der Waals surface area contributed by atoms with Crippen LogP contribution in [0.25, 0.3) is 0 Å². The van der Waals surface area contributed by atoms with Crippen molar-refractivity contribution in [1.82, 2.24) is 0 Å². The number of carbonyl (C=O) groups excluding carboxylic acids is 1. The predicted octanol–water partition coefficient (Wildman–Crippen LogP) is 3.93. The van der Waals surface area contributed by atoms with Crippen LogP contribution in [0.4, 0.5) is 0 Å². The molecule has 35 heavy (non-hydrogen) atoms. The van der Waals surface area contributed by atoms with Gasteiger partial charge in [0.15, 0.2) is 0 Å². The summed E-state index contributed by atoms with van der Waals surface area (Å²) in [6.45, 7) is 12.4. The van der Waals surface area contributed by atoms with Gasteiger partial charge < -0.3 is 37.9 Å². The average Bonchev–Trinajstić information content (AvgIpc) is 2.86. The molecule has 0 N–H and O–H groups in total. The second-order valence-corrected chi connectivity index (χ2v) is 7.80. The minimum Gasteiger partial charge on any atom is -0.499 e. The monoisotopic (exact) mass is 506 g/mol. The summed E-state index contributed by atoms with van der Waals surface area (Å²) in [5.74, 6) is -0.136. The third-order valence-corrected chi connectivity index (χ3v) is 4.80. The number of carbonyl (C=O) groups is 1. The van der Waals surface area contributed by atoms with Crippen LogP contribution in [0, 0.1) is 0 Å². The lowest BCUT2D eigenvalue weighted by Crippen LogP contribution is -2.15. The second kappa shape index (κ2) is 30.8. The Kier molecular flexibility index (Phi) is 29.7. The molecule has 0 aromatic rings. The van der Waals surface area contributed by atoms with Crippen molar-refractivity contribution in [1.29, 1.82) is 0 Å². The molecule has 0 atom stereocenters. The number of hydrogen-bond acceptors (Lipinski definition) is 9. The molecule has 0 aliphatic rings. The van der Waals surface area contributed by atoms with Gasteiger partial charge in [0.2, 0.25) is 0 Å². The van der Waals surface area contributed by atoms with Gasteiger partial charge in [-0.1, -0.05) is 52.0 Å². The Balaban J connectivity index is 3.10. The number of esters is 1. The summed E-state index contributed by atoms with van der Waals surface area (Å²) < 4.78 is 42.5. The Labute approximate surface area is 212 Å². The summed E-state index contributed by atoms with van der Waals surface area (Å²) in [7, 11) is 0. The van der Waals surface area contributed by atoms with Gasteiger partial charge in [-0.2, -0.15) is 0 Å². The normalized spacial score (nSPS) is 11.0. The first-order valence-electron chi connectivity index (χ1n) is 13.2. The summed E-state index contributed by atoms with van der Waals surface area (Å²) in [6, 6.07) is 0. The number of rotatable bonds is 30. The van der Waals surface area contributed by atoms with Crippen molar-refractivity contribution in [2.75, 3.05) is 92.5 Å². The molecule has 0 radical (unpaired) electrons. The van der Waals surface area contributed by atoms with E-state index in [2.05, 4.69) is 13.5 Å². The van der Waals surface area contributed by atoms with E-state index < -0.39 is 0 Å². The Morgan fingerprint density at radius 3 is 1.34 bits per heavy atom. The summed E-state index contributed by atoms with van der Waals surface area (Å²) in [5, 5.41) is 0. The Morgan fingerprint density at radius 2 is 0.914 bits per heavy atom. The van der Waals surface area contributed by atoms with E-state index in [-0.39, 0.29) is 5.97 Å². The maximum absolute atomic E-state index is 11.6. The van der Waals surface area contributed by atoms with Crippen molar-refractivity contribution < 1.29 is 42.7 Å². The Hall–Kier alpha value is -1.23. The van der Waals surface area contributed by atoms with Crippen LogP contribution >= 0.6 is 0 Å².